The highest BCUT2D eigenvalue weighted by Gasteiger charge is 2.14. The maximum absolute atomic E-state index is 12.8. The van der Waals surface area contributed by atoms with Crippen LogP contribution in [0.3, 0.4) is 0 Å². The molecule has 1 aromatic heterocycles. The first-order valence-corrected chi connectivity index (χ1v) is 10.8. The molecule has 34 heavy (non-hydrogen) atoms. The van der Waals surface area contributed by atoms with Crippen molar-refractivity contribution in [2.75, 3.05) is 0 Å². The van der Waals surface area contributed by atoms with Gasteiger partial charge in [-0.05, 0) is 60.2 Å². The van der Waals surface area contributed by atoms with Crippen LogP contribution in [0.5, 0.6) is 0 Å². The second kappa shape index (κ2) is 10.9. The fourth-order valence-electron chi connectivity index (χ4n) is 3.06. The Kier molecular flexibility index (Phi) is 7.32. The van der Waals surface area contributed by atoms with Crippen molar-refractivity contribution in [1.82, 2.24) is 10.7 Å². The van der Waals surface area contributed by atoms with Crippen LogP contribution in [0.25, 0.3) is 17.4 Å². The second-order valence-electron chi connectivity index (χ2n) is 7.20. The molecule has 0 aliphatic heterocycles. The maximum Gasteiger partial charge on any atom is 0.287 e. The Morgan fingerprint density at radius 2 is 1.50 bits per heavy atom. The van der Waals surface area contributed by atoms with Gasteiger partial charge in [-0.2, -0.15) is 5.10 Å². The van der Waals surface area contributed by atoms with Crippen LogP contribution in [0.15, 0.2) is 112 Å². The van der Waals surface area contributed by atoms with Gasteiger partial charge in [0.05, 0.1) is 6.21 Å². The molecule has 0 bridgehead atoms. The van der Waals surface area contributed by atoms with Crippen molar-refractivity contribution >= 4 is 35.7 Å². The van der Waals surface area contributed by atoms with E-state index in [-0.39, 0.29) is 5.70 Å². The Morgan fingerprint density at radius 1 is 0.824 bits per heavy atom. The zero-order valence-corrected chi connectivity index (χ0v) is 18.7. The van der Waals surface area contributed by atoms with E-state index in [0.29, 0.717) is 22.1 Å². The lowest BCUT2D eigenvalue weighted by molar-refractivity contribution is -0.117. The lowest BCUT2D eigenvalue weighted by Crippen LogP contribution is -2.32. The molecule has 168 valence electrons. The molecule has 4 rings (SSSR count). The van der Waals surface area contributed by atoms with Crippen molar-refractivity contribution in [2.45, 2.75) is 0 Å². The third-order valence-electron chi connectivity index (χ3n) is 4.75. The summed E-state index contributed by atoms with van der Waals surface area (Å²) in [7, 11) is 0. The average Bonchev–Trinajstić information content (AvgIpc) is 3.34. The van der Waals surface area contributed by atoms with E-state index in [2.05, 4.69) is 15.8 Å². The summed E-state index contributed by atoms with van der Waals surface area (Å²) in [6, 6.07) is 28.6. The number of carbonyl (C=O) groups is 2. The van der Waals surface area contributed by atoms with E-state index in [9.17, 15) is 9.59 Å². The number of furan rings is 1. The second-order valence-corrected chi connectivity index (χ2v) is 7.63. The Balaban J connectivity index is 1.47. The first-order valence-electron chi connectivity index (χ1n) is 10.4. The molecule has 0 atom stereocenters. The SMILES string of the molecule is O=C(N/N=C\c1ccc(-c2ccc(Cl)cc2)o1)/C(=C/c1ccccc1)NC(=O)c1ccccc1. The Bertz CT molecular complexity index is 1330. The van der Waals surface area contributed by atoms with Crippen molar-refractivity contribution in [3.05, 3.63) is 125 Å². The molecular weight excluding hydrogens is 450 g/mol. The largest absolute Gasteiger partial charge is 0.455 e. The molecule has 0 saturated heterocycles. The fraction of sp³-hybridized carbons (Fsp3) is 0. The predicted molar refractivity (Wildman–Crippen MR) is 133 cm³/mol. The molecule has 2 amide bonds. The molecule has 0 fully saturated rings. The molecule has 1 heterocycles. The summed E-state index contributed by atoms with van der Waals surface area (Å²) in [5.74, 6) is 0.116. The van der Waals surface area contributed by atoms with Crippen molar-refractivity contribution in [3.63, 3.8) is 0 Å². The van der Waals surface area contributed by atoms with Crippen LogP contribution in [-0.2, 0) is 4.79 Å². The van der Waals surface area contributed by atoms with E-state index in [4.69, 9.17) is 16.0 Å². The quantitative estimate of drug-likeness (QED) is 0.212. The van der Waals surface area contributed by atoms with E-state index in [1.165, 1.54) is 6.21 Å². The lowest BCUT2D eigenvalue weighted by Gasteiger charge is -2.09. The van der Waals surface area contributed by atoms with Crippen LogP contribution in [0.4, 0.5) is 0 Å². The van der Waals surface area contributed by atoms with Gasteiger partial charge < -0.3 is 9.73 Å². The van der Waals surface area contributed by atoms with Gasteiger partial charge in [-0.15, -0.1) is 0 Å². The molecule has 3 aromatic carbocycles. The molecule has 0 radical (unpaired) electrons. The van der Waals surface area contributed by atoms with Crippen LogP contribution in [0.1, 0.15) is 21.7 Å². The minimum atomic E-state index is -0.575. The van der Waals surface area contributed by atoms with Gasteiger partial charge in [-0.3, -0.25) is 9.59 Å². The molecule has 0 saturated carbocycles. The highest BCUT2D eigenvalue weighted by molar-refractivity contribution is 6.30. The lowest BCUT2D eigenvalue weighted by atomic mass is 10.1. The van der Waals surface area contributed by atoms with Crippen LogP contribution in [-0.4, -0.2) is 18.0 Å². The molecule has 0 spiro atoms. The van der Waals surface area contributed by atoms with E-state index in [1.807, 2.05) is 48.5 Å². The summed E-state index contributed by atoms with van der Waals surface area (Å²) in [5, 5.41) is 7.27. The number of hydrogen-bond donors (Lipinski definition) is 2. The van der Waals surface area contributed by atoms with Crippen molar-refractivity contribution in [2.24, 2.45) is 5.10 Å². The van der Waals surface area contributed by atoms with Gasteiger partial charge in [0.1, 0.15) is 17.2 Å². The maximum atomic E-state index is 12.8. The van der Waals surface area contributed by atoms with Gasteiger partial charge in [0.15, 0.2) is 0 Å². The number of nitrogens with zero attached hydrogens (tertiary/aromatic N) is 1. The predicted octanol–water partition coefficient (Wildman–Crippen LogP) is 5.52. The highest BCUT2D eigenvalue weighted by Crippen LogP contribution is 2.23. The molecule has 2 N–H and O–H groups in total. The zero-order valence-electron chi connectivity index (χ0n) is 17.9. The highest BCUT2D eigenvalue weighted by atomic mass is 35.5. The number of hydrazone groups is 1. The Morgan fingerprint density at radius 3 is 2.21 bits per heavy atom. The summed E-state index contributed by atoms with van der Waals surface area (Å²) in [5.41, 5.74) is 4.54. The summed E-state index contributed by atoms with van der Waals surface area (Å²) < 4.78 is 5.74. The van der Waals surface area contributed by atoms with Gasteiger partial charge in [0.25, 0.3) is 11.8 Å². The first kappa shape index (κ1) is 22.8. The fourth-order valence-corrected chi connectivity index (χ4v) is 3.19. The molecule has 4 aromatic rings. The standard InChI is InChI=1S/C27H20ClN3O3/c28-22-13-11-20(12-14-22)25-16-15-23(34-25)18-29-31-27(33)24(17-19-7-3-1-4-8-19)30-26(32)21-9-5-2-6-10-21/h1-18H,(H,30,32)(H,31,33)/b24-17-,29-18-. The number of carbonyl (C=O) groups excluding carboxylic acids is 2. The van der Waals surface area contributed by atoms with Crippen molar-refractivity contribution < 1.29 is 14.0 Å². The van der Waals surface area contributed by atoms with Crippen molar-refractivity contribution in [3.8, 4) is 11.3 Å². The van der Waals surface area contributed by atoms with Gasteiger partial charge >= 0.3 is 0 Å². The number of amides is 2. The van der Waals surface area contributed by atoms with Crippen LogP contribution >= 0.6 is 11.6 Å². The molecule has 0 unspecified atom stereocenters. The van der Waals surface area contributed by atoms with Gasteiger partial charge in [-0.1, -0.05) is 60.1 Å². The van der Waals surface area contributed by atoms with E-state index in [1.54, 1.807) is 54.6 Å². The summed E-state index contributed by atoms with van der Waals surface area (Å²) >= 11 is 5.92. The third-order valence-corrected chi connectivity index (χ3v) is 5.00. The van der Waals surface area contributed by atoms with Gasteiger partial charge in [0, 0.05) is 16.1 Å². The van der Waals surface area contributed by atoms with Crippen LogP contribution in [0, 0.1) is 0 Å². The number of halogens is 1. The molecule has 7 heteroatoms. The molecular formula is C27H20ClN3O3. The van der Waals surface area contributed by atoms with Crippen molar-refractivity contribution in [1.29, 1.82) is 0 Å². The normalized spacial score (nSPS) is 11.4. The van der Waals surface area contributed by atoms with E-state index >= 15 is 0 Å². The Hall–Kier alpha value is -4.42. The summed E-state index contributed by atoms with van der Waals surface area (Å²) in [6.45, 7) is 0. The first-order chi connectivity index (χ1) is 16.6. The minimum Gasteiger partial charge on any atom is -0.455 e. The molecule has 0 aliphatic carbocycles. The zero-order chi connectivity index (χ0) is 23.8. The topological polar surface area (TPSA) is 83.7 Å². The van der Waals surface area contributed by atoms with Gasteiger partial charge in [0.2, 0.25) is 0 Å². The third kappa shape index (κ3) is 6.09. The smallest absolute Gasteiger partial charge is 0.287 e. The molecule has 6 nitrogen and oxygen atoms in total. The summed E-state index contributed by atoms with van der Waals surface area (Å²) in [4.78, 5) is 25.4. The van der Waals surface area contributed by atoms with Gasteiger partial charge in [-0.25, -0.2) is 5.43 Å². The minimum absolute atomic E-state index is 0.0542. The van der Waals surface area contributed by atoms with E-state index < -0.39 is 11.8 Å². The monoisotopic (exact) mass is 469 g/mol. The number of benzene rings is 3. The molecule has 0 aliphatic rings. The van der Waals surface area contributed by atoms with Crippen LogP contribution in [0.2, 0.25) is 5.02 Å². The number of rotatable bonds is 7. The van der Waals surface area contributed by atoms with Crippen LogP contribution < -0.4 is 10.7 Å². The number of nitrogens with one attached hydrogen (secondary N) is 2. The van der Waals surface area contributed by atoms with E-state index in [0.717, 1.165) is 11.1 Å². The average molecular weight is 470 g/mol. The summed E-state index contributed by atoms with van der Waals surface area (Å²) in [6.07, 6.45) is 2.97. The number of hydrogen-bond acceptors (Lipinski definition) is 4. The Labute approximate surface area is 201 Å².